The largest absolute Gasteiger partial charge is 0.469 e. The molecule has 0 aromatic rings. The molecule has 0 aromatic carbocycles. The zero-order chi connectivity index (χ0) is 11.7. The molecule has 0 saturated heterocycles. The van der Waals surface area contributed by atoms with Crippen LogP contribution in [-0.4, -0.2) is 25.2 Å². The highest BCUT2D eigenvalue weighted by Crippen LogP contribution is 2.11. The molecule has 0 aromatic heterocycles. The molecule has 0 spiro atoms. The number of carbonyl (C=O) groups excluding carboxylic acids is 2. The van der Waals surface area contributed by atoms with E-state index < -0.39 is 0 Å². The Bertz CT molecular complexity index is 201. The zero-order valence-corrected chi connectivity index (χ0v) is 9.75. The summed E-state index contributed by atoms with van der Waals surface area (Å²) in [6.07, 6.45) is 3.57. The molecule has 0 saturated carbocycles. The van der Waals surface area contributed by atoms with Crippen molar-refractivity contribution in [2.45, 2.75) is 52.1 Å². The number of methoxy groups -OCH3 is 1. The van der Waals surface area contributed by atoms with Crippen LogP contribution in [0.4, 0.5) is 0 Å². The Morgan fingerprint density at radius 1 is 1.27 bits per heavy atom. The van der Waals surface area contributed by atoms with Gasteiger partial charge < -0.3 is 9.47 Å². The quantitative estimate of drug-likeness (QED) is 0.611. The van der Waals surface area contributed by atoms with E-state index in [9.17, 15) is 9.59 Å². The highest BCUT2D eigenvalue weighted by Gasteiger charge is 2.11. The summed E-state index contributed by atoms with van der Waals surface area (Å²) in [5.41, 5.74) is 0. The molecule has 88 valence electrons. The predicted octanol–water partition coefficient (Wildman–Crippen LogP) is 2.06. The van der Waals surface area contributed by atoms with Crippen LogP contribution in [0.25, 0.3) is 0 Å². The summed E-state index contributed by atoms with van der Waals surface area (Å²) in [4.78, 5) is 21.6. The summed E-state index contributed by atoms with van der Waals surface area (Å²) in [5, 5.41) is 0. The second kappa shape index (κ2) is 8.26. The Labute approximate surface area is 90.9 Å². The summed E-state index contributed by atoms with van der Waals surface area (Å²) >= 11 is 0. The predicted molar refractivity (Wildman–Crippen MR) is 56.3 cm³/mol. The molecule has 0 fully saturated rings. The van der Waals surface area contributed by atoms with Crippen LogP contribution in [0.2, 0.25) is 0 Å². The summed E-state index contributed by atoms with van der Waals surface area (Å²) in [6.45, 7) is 3.44. The smallest absolute Gasteiger partial charge is 0.305 e. The van der Waals surface area contributed by atoms with Gasteiger partial charge in [0.2, 0.25) is 0 Å². The molecule has 0 aliphatic rings. The van der Waals surface area contributed by atoms with Gasteiger partial charge >= 0.3 is 11.9 Å². The molecule has 15 heavy (non-hydrogen) atoms. The summed E-state index contributed by atoms with van der Waals surface area (Å²) in [7, 11) is 1.37. The third-order valence-corrected chi connectivity index (χ3v) is 2.08. The fourth-order valence-corrected chi connectivity index (χ4v) is 1.40. The average molecular weight is 216 g/mol. The number of rotatable bonds is 7. The minimum atomic E-state index is -0.258. The highest BCUT2D eigenvalue weighted by molar-refractivity contribution is 5.69. The lowest BCUT2D eigenvalue weighted by Crippen LogP contribution is -2.16. The Balaban J connectivity index is 3.74. The van der Waals surface area contributed by atoms with Crippen molar-refractivity contribution >= 4 is 11.9 Å². The van der Waals surface area contributed by atoms with Crippen molar-refractivity contribution in [2.75, 3.05) is 7.11 Å². The van der Waals surface area contributed by atoms with Gasteiger partial charge in [-0.15, -0.1) is 0 Å². The van der Waals surface area contributed by atoms with E-state index in [1.54, 1.807) is 0 Å². The first-order chi connectivity index (χ1) is 7.10. The van der Waals surface area contributed by atoms with Gasteiger partial charge in [-0.25, -0.2) is 0 Å². The zero-order valence-electron chi connectivity index (χ0n) is 9.75. The first kappa shape index (κ1) is 13.9. The second-order valence-electron chi connectivity index (χ2n) is 3.49. The maximum absolute atomic E-state index is 10.8. The van der Waals surface area contributed by atoms with Gasteiger partial charge in [-0.05, 0) is 19.3 Å². The van der Waals surface area contributed by atoms with Crippen molar-refractivity contribution in [1.29, 1.82) is 0 Å². The van der Waals surface area contributed by atoms with E-state index in [0.717, 1.165) is 19.3 Å². The van der Waals surface area contributed by atoms with Crippen LogP contribution in [-0.2, 0) is 19.1 Å². The first-order valence-electron chi connectivity index (χ1n) is 5.34. The molecule has 0 radical (unpaired) electrons. The van der Waals surface area contributed by atoms with Crippen LogP contribution in [0.15, 0.2) is 0 Å². The van der Waals surface area contributed by atoms with E-state index in [0.29, 0.717) is 12.8 Å². The Morgan fingerprint density at radius 2 is 1.93 bits per heavy atom. The topological polar surface area (TPSA) is 52.6 Å². The summed E-state index contributed by atoms with van der Waals surface area (Å²) in [6, 6.07) is 0. The molecule has 1 unspecified atom stereocenters. The van der Waals surface area contributed by atoms with Crippen LogP contribution in [0, 0.1) is 0 Å². The lowest BCUT2D eigenvalue weighted by atomic mass is 10.1. The number of esters is 2. The van der Waals surface area contributed by atoms with E-state index in [2.05, 4.69) is 4.74 Å². The molecule has 4 nitrogen and oxygen atoms in total. The molecule has 0 N–H and O–H groups in total. The number of hydrogen-bond acceptors (Lipinski definition) is 4. The highest BCUT2D eigenvalue weighted by atomic mass is 16.5. The van der Waals surface area contributed by atoms with Gasteiger partial charge in [-0.1, -0.05) is 13.3 Å². The fourth-order valence-electron chi connectivity index (χ4n) is 1.40. The number of ether oxygens (including phenoxy) is 2. The van der Waals surface area contributed by atoms with Crippen molar-refractivity contribution < 1.29 is 19.1 Å². The SMILES string of the molecule is CCCC(CCCC(=O)OC)OC(C)=O. The molecule has 0 amide bonds. The first-order valence-corrected chi connectivity index (χ1v) is 5.34. The Morgan fingerprint density at radius 3 is 2.40 bits per heavy atom. The summed E-state index contributed by atoms with van der Waals surface area (Å²) in [5.74, 6) is -0.473. The number of hydrogen-bond donors (Lipinski definition) is 0. The minimum absolute atomic E-state index is 0.0582. The van der Waals surface area contributed by atoms with E-state index in [1.165, 1.54) is 14.0 Å². The minimum Gasteiger partial charge on any atom is -0.469 e. The van der Waals surface area contributed by atoms with E-state index >= 15 is 0 Å². The lowest BCUT2D eigenvalue weighted by Gasteiger charge is -2.15. The van der Waals surface area contributed by atoms with Gasteiger partial charge in [0, 0.05) is 13.3 Å². The summed E-state index contributed by atoms with van der Waals surface area (Å²) < 4.78 is 9.64. The Kier molecular flexibility index (Phi) is 7.68. The average Bonchev–Trinajstić information content (AvgIpc) is 2.16. The van der Waals surface area contributed by atoms with Crippen molar-refractivity contribution in [3.63, 3.8) is 0 Å². The molecular formula is C11H20O4. The standard InChI is InChI=1S/C11H20O4/c1-4-6-10(15-9(2)12)7-5-8-11(13)14-3/h10H,4-8H2,1-3H3. The van der Waals surface area contributed by atoms with Gasteiger partial charge in [0.15, 0.2) is 0 Å². The Hall–Kier alpha value is -1.06. The third kappa shape index (κ3) is 7.97. The van der Waals surface area contributed by atoms with Crippen LogP contribution < -0.4 is 0 Å². The third-order valence-electron chi connectivity index (χ3n) is 2.08. The molecule has 1 atom stereocenters. The number of carbonyl (C=O) groups is 2. The molecule has 0 bridgehead atoms. The van der Waals surface area contributed by atoms with Crippen LogP contribution in [0.3, 0.4) is 0 Å². The van der Waals surface area contributed by atoms with Gasteiger partial charge in [0.05, 0.1) is 7.11 Å². The van der Waals surface area contributed by atoms with E-state index in [-0.39, 0.29) is 18.0 Å². The van der Waals surface area contributed by atoms with Gasteiger partial charge in [0.25, 0.3) is 0 Å². The van der Waals surface area contributed by atoms with Gasteiger partial charge in [0.1, 0.15) is 6.10 Å². The molecule has 0 heterocycles. The van der Waals surface area contributed by atoms with Gasteiger partial charge in [-0.2, -0.15) is 0 Å². The van der Waals surface area contributed by atoms with Crippen LogP contribution in [0.1, 0.15) is 46.0 Å². The van der Waals surface area contributed by atoms with E-state index in [4.69, 9.17) is 4.74 Å². The molecule has 0 aliphatic carbocycles. The fraction of sp³-hybridized carbons (Fsp3) is 0.818. The normalized spacial score (nSPS) is 11.9. The maximum atomic E-state index is 10.8. The maximum Gasteiger partial charge on any atom is 0.305 e. The molecule has 0 rings (SSSR count). The van der Waals surface area contributed by atoms with Crippen molar-refractivity contribution in [2.24, 2.45) is 0 Å². The monoisotopic (exact) mass is 216 g/mol. The van der Waals surface area contributed by atoms with Crippen molar-refractivity contribution in [3.05, 3.63) is 0 Å². The molecule has 4 heteroatoms. The van der Waals surface area contributed by atoms with E-state index in [1.807, 2.05) is 6.92 Å². The lowest BCUT2D eigenvalue weighted by molar-refractivity contribution is -0.147. The second-order valence-corrected chi connectivity index (χ2v) is 3.49. The van der Waals surface area contributed by atoms with Crippen LogP contribution >= 0.6 is 0 Å². The van der Waals surface area contributed by atoms with Gasteiger partial charge in [-0.3, -0.25) is 9.59 Å². The van der Waals surface area contributed by atoms with Crippen molar-refractivity contribution in [1.82, 2.24) is 0 Å². The van der Waals surface area contributed by atoms with Crippen molar-refractivity contribution in [3.8, 4) is 0 Å². The molecule has 0 aliphatic heterocycles. The molecular weight excluding hydrogens is 196 g/mol. The van der Waals surface area contributed by atoms with Crippen LogP contribution in [0.5, 0.6) is 0 Å².